The maximum atomic E-state index is 11.7. The van der Waals surface area contributed by atoms with E-state index in [1.165, 1.54) is 0 Å². The van der Waals surface area contributed by atoms with E-state index in [1.54, 1.807) is 6.07 Å². The molecule has 7 heteroatoms. The molecule has 0 unspecified atom stereocenters. The standard InChI is InChI=1S/C8H9F2N3O2/c9-6(10)4-14-2-1-7-13-5(3-11)8(12)15-7/h6H,1-2,4,12H2. The number of rotatable bonds is 5. The SMILES string of the molecule is N#Cc1nc(CCOCC(F)F)oc1N. The van der Waals surface area contributed by atoms with E-state index in [1.807, 2.05) is 0 Å². The van der Waals surface area contributed by atoms with E-state index in [0.717, 1.165) is 0 Å². The van der Waals surface area contributed by atoms with Crippen molar-refractivity contribution in [1.82, 2.24) is 4.98 Å². The lowest BCUT2D eigenvalue weighted by molar-refractivity contribution is 0.0174. The van der Waals surface area contributed by atoms with Gasteiger partial charge >= 0.3 is 0 Å². The van der Waals surface area contributed by atoms with Crippen LogP contribution < -0.4 is 5.73 Å². The molecular formula is C8H9F2N3O2. The fourth-order valence-electron chi connectivity index (χ4n) is 0.897. The van der Waals surface area contributed by atoms with Crippen molar-refractivity contribution in [3.8, 4) is 6.07 Å². The van der Waals surface area contributed by atoms with Crippen LogP contribution in [-0.2, 0) is 11.2 Å². The lowest BCUT2D eigenvalue weighted by Crippen LogP contribution is -2.07. The summed E-state index contributed by atoms with van der Waals surface area (Å²) in [5, 5.41) is 8.49. The summed E-state index contributed by atoms with van der Waals surface area (Å²) in [6, 6.07) is 1.73. The van der Waals surface area contributed by atoms with Crippen LogP contribution >= 0.6 is 0 Å². The summed E-state index contributed by atoms with van der Waals surface area (Å²) in [4.78, 5) is 3.72. The van der Waals surface area contributed by atoms with Gasteiger partial charge in [0.05, 0.1) is 6.61 Å². The van der Waals surface area contributed by atoms with Gasteiger partial charge in [-0.2, -0.15) is 5.26 Å². The average molecular weight is 217 g/mol. The number of alkyl halides is 2. The summed E-state index contributed by atoms with van der Waals surface area (Å²) >= 11 is 0. The number of ether oxygens (including phenoxy) is 1. The number of halogens is 2. The Hall–Kier alpha value is -1.68. The molecule has 0 aliphatic rings. The number of nitrogens with two attached hydrogens (primary N) is 1. The van der Waals surface area contributed by atoms with Crippen molar-refractivity contribution >= 4 is 5.88 Å². The normalized spacial score (nSPS) is 10.5. The predicted molar refractivity (Wildman–Crippen MR) is 46.2 cm³/mol. The Labute approximate surface area is 84.4 Å². The quantitative estimate of drug-likeness (QED) is 0.742. The number of nitriles is 1. The molecule has 1 aromatic heterocycles. The first kappa shape index (κ1) is 11.4. The second-order valence-corrected chi connectivity index (χ2v) is 2.65. The van der Waals surface area contributed by atoms with Crippen molar-refractivity contribution in [2.45, 2.75) is 12.8 Å². The molecule has 0 aliphatic carbocycles. The molecule has 0 radical (unpaired) electrons. The highest BCUT2D eigenvalue weighted by Gasteiger charge is 2.09. The third-order valence-electron chi connectivity index (χ3n) is 1.51. The molecule has 0 aliphatic heterocycles. The summed E-state index contributed by atoms with van der Waals surface area (Å²) < 4.78 is 32.8. The number of hydrogen-bond donors (Lipinski definition) is 1. The minimum absolute atomic E-state index is 0.00106. The molecule has 0 bridgehead atoms. The van der Waals surface area contributed by atoms with Crippen LogP contribution in [0.3, 0.4) is 0 Å². The van der Waals surface area contributed by atoms with E-state index in [9.17, 15) is 8.78 Å². The monoisotopic (exact) mass is 217 g/mol. The number of nitrogen functional groups attached to an aromatic ring is 1. The van der Waals surface area contributed by atoms with E-state index in [2.05, 4.69) is 9.72 Å². The maximum Gasteiger partial charge on any atom is 0.261 e. The Morgan fingerprint density at radius 1 is 1.60 bits per heavy atom. The molecule has 1 rings (SSSR count). The van der Waals surface area contributed by atoms with Crippen LogP contribution in [0.5, 0.6) is 0 Å². The molecule has 5 nitrogen and oxygen atoms in total. The number of hydrogen-bond acceptors (Lipinski definition) is 5. The smallest absolute Gasteiger partial charge is 0.261 e. The van der Waals surface area contributed by atoms with Gasteiger partial charge < -0.3 is 14.9 Å². The minimum atomic E-state index is -2.49. The summed E-state index contributed by atoms with van der Waals surface area (Å²) in [6.07, 6.45) is -2.28. The Morgan fingerprint density at radius 2 is 2.33 bits per heavy atom. The summed E-state index contributed by atoms with van der Waals surface area (Å²) in [7, 11) is 0. The first-order valence-corrected chi connectivity index (χ1v) is 4.14. The zero-order chi connectivity index (χ0) is 11.3. The van der Waals surface area contributed by atoms with E-state index < -0.39 is 13.0 Å². The molecular weight excluding hydrogens is 208 g/mol. The second kappa shape index (κ2) is 5.26. The molecule has 0 aromatic carbocycles. The topological polar surface area (TPSA) is 85.1 Å². The molecule has 0 saturated carbocycles. The Morgan fingerprint density at radius 3 is 2.87 bits per heavy atom. The third kappa shape index (κ3) is 3.52. The van der Waals surface area contributed by atoms with Crippen LogP contribution in [0.15, 0.2) is 4.42 Å². The third-order valence-corrected chi connectivity index (χ3v) is 1.51. The van der Waals surface area contributed by atoms with E-state index in [4.69, 9.17) is 15.4 Å². The molecule has 2 N–H and O–H groups in total. The van der Waals surface area contributed by atoms with Crippen molar-refractivity contribution < 1.29 is 17.9 Å². The number of nitrogens with zero attached hydrogens (tertiary/aromatic N) is 2. The lowest BCUT2D eigenvalue weighted by atomic mass is 10.4. The second-order valence-electron chi connectivity index (χ2n) is 2.65. The summed E-state index contributed by atoms with van der Waals surface area (Å²) in [6.45, 7) is -0.573. The van der Waals surface area contributed by atoms with Crippen LogP contribution in [0.2, 0.25) is 0 Å². The van der Waals surface area contributed by atoms with Crippen LogP contribution in [0, 0.1) is 11.3 Å². The molecule has 0 saturated heterocycles. The van der Waals surface area contributed by atoms with Crippen molar-refractivity contribution in [2.75, 3.05) is 18.9 Å². The van der Waals surface area contributed by atoms with E-state index in [0.29, 0.717) is 0 Å². The largest absolute Gasteiger partial charge is 0.424 e. The van der Waals surface area contributed by atoms with Gasteiger partial charge in [-0.3, -0.25) is 0 Å². The molecule has 0 fully saturated rings. The Balaban J connectivity index is 2.35. The first-order valence-electron chi connectivity index (χ1n) is 4.14. The van der Waals surface area contributed by atoms with Gasteiger partial charge in [0.2, 0.25) is 17.5 Å². The van der Waals surface area contributed by atoms with Crippen molar-refractivity contribution in [3.63, 3.8) is 0 Å². The lowest BCUT2D eigenvalue weighted by Gasteiger charge is -1.99. The minimum Gasteiger partial charge on any atom is -0.424 e. The van der Waals surface area contributed by atoms with Crippen molar-refractivity contribution in [2.24, 2.45) is 0 Å². The predicted octanol–water partition coefficient (Wildman–Crippen LogP) is 0.953. The van der Waals surface area contributed by atoms with Gasteiger partial charge in [-0.05, 0) is 0 Å². The van der Waals surface area contributed by atoms with Crippen LogP contribution in [-0.4, -0.2) is 24.6 Å². The molecule has 82 valence electrons. The average Bonchev–Trinajstić information content (AvgIpc) is 2.53. The molecule has 0 amide bonds. The zero-order valence-electron chi connectivity index (χ0n) is 7.74. The maximum absolute atomic E-state index is 11.7. The highest BCUT2D eigenvalue weighted by Crippen LogP contribution is 2.12. The van der Waals surface area contributed by atoms with E-state index >= 15 is 0 Å². The van der Waals surface area contributed by atoms with Gasteiger partial charge in [0.1, 0.15) is 12.7 Å². The van der Waals surface area contributed by atoms with Crippen molar-refractivity contribution in [1.29, 1.82) is 5.26 Å². The first-order chi connectivity index (χ1) is 7.13. The fourth-order valence-corrected chi connectivity index (χ4v) is 0.897. The van der Waals surface area contributed by atoms with Gasteiger partial charge in [0.25, 0.3) is 6.43 Å². The summed E-state index contributed by atoms with van der Waals surface area (Å²) in [5.74, 6) is 0.139. The fraction of sp³-hybridized carbons (Fsp3) is 0.500. The van der Waals surface area contributed by atoms with Crippen LogP contribution in [0.25, 0.3) is 0 Å². The molecule has 1 heterocycles. The van der Waals surface area contributed by atoms with Gasteiger partial charge in [-0.15, -0.1) is 0 Å². The van der Waals surface area contributed by atoms with E-state index in [-0.39, 0.29) is 30.5 Å². The van der Waals surface area contributed by atoms with Gasteiger partial charge in [-0.25, -0.2) is 13.8 Å². The molecule has 15 heavy (non-hydrogen) atoms. The van der Waals surface area contributed by atoms with Crippen LogP contribution in [0.1, 0.15) is 11.6 Å². The highest BCUT2D eigenvalue weighted by molar-refractivity contribution is 5.40. The molecule has 1 aromatic rings. The number of anilines is 1. The number of oxazole rings is 1. The van der Waals surface area contributed by atoms with Crippen molar-refractivity contribution in [3.05, 3.63) is 11.6 Å². The van der Waals surface area contributed by atoms with Crippen LogP contribution in [0.4, 0.5) is 14.7 Å². The Kier molecular flexibility index (Phi) is 4.00. The number of aromatic nitrogens is 1. The molecule has 0 spiro atoms. The summed E-state index contributed by atoms with van der Waals surface area (Å²) in [5.41, 5.74) is 5.29. The highest BCUT2D eigenvalue weighted by atomic mass is 19.3. The zero-order valence-corrected chi connectivity index (χ0v) is 7.74. The van der Waals surface area contributed by atoms with Gasteiger partial charge in [0.15, 0.2) is 0 Å². The Bertz CT molecular complexity index is 359. The van der Waals surface area contributed by atoms with Gasteiger partial charge in [0, 0.05) is 6.42 Å². The van der Waals surface area contributed by atoms with Gasteiger partial charge in [-0.1, -0.05) is 0 Å². The molecule has 0 atom stereocenters.